The smallest absolute Gasteiger partial charge is 0.425 e. The molecule has 2 atom stereocenters. The number of carboxylic acid groups (broad SMARTS) is 1. The molecule has 1 N–H and O–H groups in total. The second-order valence-electron chi connectivity index (χ2n) is 10.2. The van der Waals surface area contributed by atoms with E-state index in [-0.39, 0.29) is 50.5 Å². The van der Waals surface area contributed by atoms with Crippen molar-refractivity contribution >= 4 is 17.7 Å². The summed E-state index contributed by atoms with van der Waals surface area (Å²) >= 11 is 0. The summed E-state index contributed by atoms with van der Waals surface area (Å²) in [7, 11) is 0. The van der Waals surface area contributed by atoms with E-state index in [9.17, 15) is 41.0 Å². The average Bonchev–Trinajstić information content (AvgIpc) is 2.82. The summed E-state index contributed by atoms with van der Waals surface area (Å²) in [5.41, 5.74) is -0.478. The van der Waals surface area contributed by atoms with Crippen LogP contribution in [0.2, 0.25) is 0 Å². The Bertz CT molecular complexity index is 1030. The lowest BCUT2D eigenvalue weighted by Crippen LogP contribution is -2.60. The number of morpholine rings is 1. The molecule has 1 amide bonds. The van der Waals surface area contributed by atoms with Crippen molar-refractivity contribution in [1.29, 1.82) is 0 Å². The highest BCUT2D eigenvalue weighted by Crippen LogP contribution is 2.42. The minimum absolute atomic E-state index is 0.130. The second kappa shape index (κ2) is 10.4. The number of halogens is 6. The fourth-order valence-electron chi connectivity index (χ4n) is 5.26. The third-order valence-corrected chi connectivity index (χ3v) is 7.40. The number of benzene rings is 1. The Morgan fingerprint density at radius 2 is 1.76 bits per heavy atom. The van der Waals surface area contributed by atoms with Crippen LogP contribution in [0, 0.1) is 5.41 Å². The molecule has 4 rings (SSSR count). The van der Waals surface area contributed by atoms with Gasteiger partial charge in [-0.1, -0.05) is 0 Å². The number of aliphatic carboxylic acids is 1. The maximum Gasteiger partial charge on any atom is 0.425 e. The molecule has 3 aliphatic rings. The van der Waals surface area contributed by atoms with E-state index in [1.54, 1.807) is 6.07 Å². The first-order chi connectivity index (χ1) is 17.7. The van der Waals surface area contributed by atoms with Gasteiger partial charge in [0.05, 0.1) is 18.8 Å². The second-order valence-corrected chi connectivity index (χ2v) is 10.2. The number of likely N-dealkylation sites (tertiary alicyclic amines) is 2. The molecule has 8 nitrogen and oxygen atoms in total. The van der Waals surface area contributed by atoms with Gasteiger partial charge in [0.2, 0.25) is 0 Å². The first-order valence-corrected chi connectivity index (χ1v) is 12.2. The molecule has 38 heavy (non-hydrogen) atoms. The Labute approximate surface area is 215 Å². The van der Waals surface area contributed by atoms with Crippen LogP contribution < -0.4 is 4.90 Å². The molecule has 3 aliphatic heterocycles. The fraction of sp³-hybridized carbons (Fsp3) is 0.667. The van der Waals surface area contributed by atoms with Gasteiger partial charge in [0, 0.05) is 45.0 Å². The molecular weight excluding hydrogens is 524 g/mol. The van der Waals surface area contributed by atoms with Crippen LogP contribution in [0.3, 0.4) is 0 Å². The van der Waals surface area contributed by atoms with Crippen LogP contribution in [0.5, 0.6) is 0 Å². The van der Waals surface area contributed by atoms with E-state index >= 15 is 0 Å². The number of carboxylic acids is 1. The minimum atomic E-state index is -4.64. The van der Waals surface area contributed by atoms with Gasteiger partial charge in [0.1, 0.15) is 0 Å². The Balaban J connectivity index is 1.38. The fourth-order valence-corrected chi connectivity index (χ4v) is 5.26. The Morgan fingerprint density at radius 1 is 1.11 bits per heavy atom. The number of carbonyl (C=O) groups is 2. The summed E-state index contributed by atoms with van der Waals surface area (Å²) in [6.07, 6.45) is -11.4. The molecule has 3 heterocycles. The van der Waals surface area contributed by atoms with Crippen LogP contribution in [0.15, 0.2) is 18.2 Å². The SMILES string of the molecule is CC(OC(=O)N1CCC2(CC1)CN(Cc1cc(N3CCOCC3C(=O)O)cc(C(F)(F)F)c1)C2)C(F)(F)F. The molecule has 0 aromatic heterocycles. The molecule has 0 saturated carbocycles. The van der Waals surface area contributed by atoms with Gasteiger partial charge in [-0.15, -0.1) is 0 Å². The summed E-state index contributed by atoms with van der Waals surface area (Å²) in [6.45, 7) is 2.80. The maximum absolute atomic E-state index is 13.7. The summed E-state index contributed by atoms with van der Waals surface area (Å²) in [5.74, 6) is -1.18. The van der Waals surface area contributed by atoms with Crippen LogP contribution in [0.4, 0.5) is 36.8 Å². The number of nitrogens with zero attached hydrogens (tertiary/aromatic N) is 3. The molecule has 14 heteroatoms. The third kappa shape index (κ3) is 6.28. The quantitative estimate of drug-likeness (QED) is 0.553. The van der Waals surface area contributed by atoms with Gasteiger partial charge < -0.3 is 24.4 Å². The van der Waals surface area contributed by atoms with Gasteiger partial charge in [0.15, 0.2) is 12.1 Å². The number of alkyl halides is 6. The van der Waals surface area contributed by atoms with Gasteiger partial charge in [-0.25, -0.2) is 9.59 Å². The summed E-state index contributed by atoms with van der Waals surface area (Å²) in [5, 5.41) is 9.50. The standard InChI is InChI=1S/C24H29F6N3O5/c1-15(23(25,26)27)38-21(36)32-4-2-22(3-5-32)13-31(14-22)11-16-8-17(24(28,29)30)10-18(9-16)33-6-7-37-12-19(33)20(34)35/h8-10,15,19H,2-7,11-14H2,1H3,(H,34,35). The van der Waals surface area contributed by atoms with E-state index < -0.39 is 42.1 Å². The van der Waals surface area contributed by atoms with Crippen molar-refractivity contribution < 1.29 is 50.5 Å². The lowest BCUT2D eigenvalue weighted by atomic mass is 9.72. The van der Waals surface area contributed by atoms with Crippen molar-refractivity contribution in [2.24, 2.45) is 5.41 Å². The van der Waals surface area contributed by atoms with E-state index in [0.29, 0.717) is 31.5 Å². The number of rotatable bonds is 5. The predicted molar refractivity (Wildman–Crippen MR) is 122 cm³/mol. The molecule has 3 fully saturated rings. The molecule has 1 aromatic carbocycles. The van der Waals surface area contributed by atoms with Crippen molar-refractivity contribution in [1.82, 2.24) is 9.80 Å². The van der Waals surface area contributed by atoms with Crippen molar-refractivity contribution in [2.75, 3.05) is 50.8 Å². The van der Waals surface area contributed by atoms with E-state index in [0.717, 1.165) is 19.1 Å². The first-order valence-electron chi connectivity index (χ1n) is 12.2. The van der Waals surface area contributed by atoms with Crippen molar-refractivity contribution in [3.8, 4) is 0 Å². The number of piperidine rings is 1. The van der Waals surface area contributed by atoms with E-state index in [1.807, 2.05) is 4.90 Å². The zero-order chi connectivity index (χ0) is 27.9. The largest absolute Gasteiger partial charge is 0.480 e. The van der Waals surface area contributed by atoms with Gasteiger partial charge in [-0.2, -0.15) is 26.3 Å². The highest BCUT2D eigenvalue weighted by molar-refractivity contribution is 5.79. The number of anilines is 1. The topological polar surface area (TPSA) is 82.5 Å². The highest BCUT2D eigenvalue weighted by atomic mass is 19.4. The van der Waals surface area contributed by atoms with Gasteiger partial charge in [-0.05, 0) is 48.9 Å². The number of hydrogen-bond donors (Lipinski definition) is 1. The third-order valence-electron chi connectivity index (χ3n) is 7.40. The monoisotopic (exact) mass is 553 g/mol. The molecule has 0 aliphatic carbocycles. The van der Waals surface area contributed by atoms with Crippen molar-refractivity contribution in [3.63, 3.8) is 0 Å². The highest BCUT2D eigenvalue weighted by Gasteiger charge is 2.47. The lowest BCUT2D eigenvalue weighted by Gasteiger charge is -2.54. The summed E-state index contributed by atoms with van der Waals surface area (Å²) in [4.78, 5) is 28.3. The summed E-state index contributed by atoms with van der Waals surface area (Å²) < 4.78 is 88.7. The van der Waals surface area contributed by atoms with Crippen LogP contribution >= 0.6 is 0 Å². The summed E-state index contributed by atoms with van der Waals surface area (Å²) in [6, 6.07) is 2.49. The van der Waals surface area contributed by atoms with Crippen molar-refractivity contribution in [3.05, 3.63) is 29.3 Å². The van der Waals surface area contributed by atoms with Gasteiger partial charge >= 0.3 is 24.4 Å². The minimum Gasteiger partial charge on any atom is -0.480 e. The first kappa shape index (κ1) is 28.3. The molecule has 2 unspecified atom stereocenters. The van der Waals surface area contributed by atoms with Crippen LogP contribution in [0.25, 0.3) is 0 Å². The lowest BCUT2D eigenvalue weighted by molar-refractivity contribution is -0.200. The predicted octanol–water partition coefficient (Wildman–Crippen LogP) is 3.98. The van der Waals surface area contributed by atoms with Crippen molar-refractivity contribution in [2.45, 2.75) is 50.8 Å². The van der Waals surface area contributed by atoms with Crippen LogP contribution in [-0.4, -0.2) is 91.2 Å². The number of amides is 1. The molecule has 0 radical (unpaired) electrons. The number of ether oxygens (including phenoxy) is 2. The Morgan fingerprint density at radius 3 is 2.34 bits per heavy atom. The zero-order valence-corrected chi connectivity index (χ0v) is 20.6. The van der Waals surface area contributed by atoms with E-state index in [2.05, 4.69) is 4.74 Å². The van der Waals surface area contributed by atoms with Gasteiger partial charge in [-0.3, -0.25) is 4.90 Å². The molecule has 1 spiro atoms. The molecule has 212 valence electrons. The maximum atomic E-state index is 13.7. The molecular formula is C24H29F6N3O5. The van der Waals surface area contributed by atoms with Crippen LogP contribution in [0.1, 0.15) is 30.9 Å². The van der Waals surface area contributed by atoms with E-state index in [1.165, 1.54) is 9.80 Å². The van der Waals surface area contributed by atoms with Gasteiger partial charge in [0.25, 0.3) is 0 Å². The Kier molecular flexibility index (Phi) is 7.77. The average molecular weight is 554 g/mol. The molecule has 1 aromatic rings. The molecule has 0 bridgehead atoms. The van der Waals surface area contributed by atoms with E-state index in [4.69, 9.17) is 4.74 Å². The Hall–Kier alpha value is -2.74. The van der Waals surface area contributed by atoms with Crippen LogP contribution in [-0.2, 0) is 27.0 Å². The zero-order valence-electron chi connectivity index (χ0n) is 20.6. The number of hydrogen-bond acceptors (Lipinski definition) is 6. The molecule has 3 saturated heterocycles. The number of carbonyl (C=O) groups excluding carboxylic acids is 1. The normalized spacial score (nSPS) is 23.2.